The zero-order chi connectivity index (χ0) is 15.4. The van der Waals surface area contributed by atoms with Gasteiger partial charge in [-0.1, -0.05) is 26.0 Å². The van der Waals surface area contributed by atoms with Crippen molar-refractivity contribution in [3.05, 3.63) is 35.4 Å². The molecule has 21 heavy (non-hydrogen) atoms. The molecule has 1 N–H and O–H groups in total. The lowest BCUT2D eigenvalue weighted by molar-refractivity contribution is 0.0515. The Hall–Kier alpha value is -1.35. The zero-order valence-corrected chi connectivity index (χ0v) is 13.4. The molecule has 0 aromatic heterocycles. The van der Waals surface area contributed by atoms with Gasteiger partial charge in [0.25, 0.3) is 5.91 Å². The maximum absolute atomic E-state index is 12.7. The van der Waals surface area contributed by atoms with Crippen molar-refractivity contribution in [2.24, 2.45) is 0 Å². The van der Waals surface area contributed by atoms with Gasteiger partial charge in [-0.15, -0.1) is 0 Å². The number of carbonyl (C=O) groups is 1. The van der Waals surface area contributed by atoms with E-state index in [0.29, 0.717) is 12.3 Å². The molecule has 1 aliphatic heterocycles. The summed E-state index contributed by atoms with van der Waals surface area (Å²) in [5, 5.41) is 9.63. The number of aliphatic hydroxyl groups is 1. The van der Waals surface area contributed by atoms with E-state index in [-0.39, 0.29) is 18.1 Å². The molecule has 1 saturated heterocycles. The van der Waals surface area contributed by atoms with E-state index in [2.05, 4.69) is 13.8 Å². The molecule has 1 fully saturated rings. The SMILES string of the molecule is CC(O)CC1CCCCN1C(=O)c1ccc(C(C)C)cc1. The molecule has 1 aromatic rings. The molecule has 2 atom stereocenters. The molecule has 0 bridgehead atoms. The van der Waals surface area contributed by atoms with Crippen molar-refractivity contribution in [3.63, 3.8) is 0 Å². The van der Waals surface area contributed by atoms with Crippen LogP contribution in [0.5, 0.6) is 0 Å². The van der Waals surface area contributed by atoms with Crippen LogP contribution in [0.3, 0.4) is 0 Å². The minimum Gasteiger partial charge on any atom is -0.393 e. The molecular formula is C18H27NO2. The number of hydrogen-bond acceptors (Lipinski definition) is 2. The van der Waals surface area contributed by atoms with Crippen LogP contribution in [0.4, 0.5) is 0 Å². The number of nitrogens with zero attached hydrogens (tertiary/aromatic N) is 1. The van der Waals surface area contributed by atoms with Crippen molar-refractivity contribution in [1.29, 1.82) is 0 Å². The van der Waals surface area contributed by atoms with Crippen molar-refractivity contribution < 1.29 is 9.90 Å². The maximum Gasteiger partial charge on any atom is 0.254 e. The Morgan fingerprint density at radius 2 is 1.90 bits per heavy atom. The van der Waals surface area contributed by atoms with Crippen molar-refractivity contribution >= 4 is 5.91 Å². The van der Waals surface area contributed by atoms with Gasteiger partial charge in [-0.2, -0.15) is 0 Å². The Balaban J connectivity index is 2.12. The molecule has 1 aliphatic rings. The summed E-state index contributed by atoms with van der Waals surface area (Å²) in [6, 6.07) is 8.14. The van der Waals surface area contributed by atoms with Gasteiger partial charge >= 0.3 is 0 Å². The highest BCUT2D eigenvalue weighted by Crippen LogP contribution is 2.24. The highest BCUT2D eigenvalue weighted by Gasteiger charge is 2.28. The van der Waals surface area contributed by atoms with Crippen LogP contribution in [0, 0.1) is 0 Å². The smallest absolute Gasteiger partial charge is 0.254 e. The van der Waals surface area contributed by atoms with Crippen molar-refractivity contribution in [2.45, 2.75) is 64.5 Å². The number of hydrogen-bond donors (Lipinski definition) is 1. The number of amides is 1. The Morgan fingerprint density at radius 1 is 1.24 bits per heavy atom. The van der Waals surface area contributed by atoms with Gasteiger partial charge in [0.1, 0.15) is 0 Å². The summed E-state index contributed by atoms with van der Waals surface area (Å²) in [6.45, 7) is 6.91. The molecule has 2 rings (SSSR count). The largest absolute Gasteiger partial charge is 0.393 e. The predicted octanol–water partition coefficient (Wildman–Crippen LogP) is 3.58. The Labute approximate surface area is 128 Å². The van der Waals surface area contributed by atoms with Gasteiger partial charge in [0.15, 0.2) is 0 Å². The van der Waals surface area contributed by atoms with Crippen LogP contribution in [0.25, 0.3) is 0 Å². The molecule has 0 saturated carbocycles. The van der Waals surface area contributed by atoms with Crippen LogP contribution >= 0.6 is 0 Å². The Morgan fingerprint density at radius 3 is 2.48 bits per heavy atom. The number of carbonyl (C=O) groups excluding carboxylic acids is 1. The fourth-order valence-corrected chi connectivity index (χ4v) is 3.08. The first kappa shape index (κ1) is 16.0. The summed E-state index contributed by atoms with van der Waals surface area (Å²) >= 11 is 0. The van der Waals surface area contributed by atoms with Crippen LogP contribution in [0.2, 0.25) is 0 Å². The minimum atomic E-state index is -0.355. The number of piperidine rings is 1. The Bertz CT molecular complexity index is 465. The highest BCUT2D eigenvalue weighted by molar-refractivity contribution is 5.94. The first-order valence-corrected chi connectivity index (χ1v) is 8.08. The summed E-state index contributed by atoms with van der Waals surface area (Å²) in [7, 11) is 0. The molecule has 3 nitrogen and oxygen atoms in total. The van der Waals surface area contributed by atoms with E-state index in [1.54, 1.807) is 6.92 Å². The monoisotopic (exact) mass is 289 g/mol. The zero-order valence-electron chi connectivity index (χ0n) is 13.4. The number of rotatable bonds is 4. The number of aliphatic hydroxyl groups excluding tert-OH is 1. The number of benzene rings is 1. The van der Waals surface area contributed by atoms with E-state index in [1.165, 1.54) is 5.56 Å². The van der Waals surface area contributed by atoms with Crippen LogP contribution in [-0.4, -0.2) is 34.6 Å². The topological polar surface area (TPSA) is 40.5 Å². The highest BCUT2D eigenvalue weighted by atomic mass is 16.3. The molecule has 3 heteroatoms. The lowest BCUT2D eigenvalue weighted by atomic mass is 9.95. The van der Waals surface area contributed by atoms with Crippen molar-refractivity contribution in [1.82, 2.24) is 4.90 Å². The number of likely N-dealkylation sites (tertiary alicyclic amines) is 1. The molecular weight excluding hydrogens is 262 g/mol. The van der Waals surface area contributed by atoms with Gasteiger partial charge in [0.2, 0.25) is 0 Å². The predicted molar refractivity (Wildman–Crippen MR) is 85.5 cm³/mol. The average Bonchev–Trinajstić information content (AvgIpc) is 2.46. The van der Waals surface area contributed by atoms with Crippen LogP contribution in [0.15, 0.2) is 24.3 Å². The molecule has 0 aliphatic carbocycles. The third-order valence-corrected chi connectivity index (χ3v) is 4.33. The maximum atomic E-state index is 12.7. The van der Waals surface area contributed by atoms with Crippen LogP contribution in [-0.2, 0) is 0 Å². The second-order valence-electron chi connectivity index (χ2n) is 6.51. The van der Waals surface area contributed by atoms with Gasteiger partial charge in [0.05, 0.1) is 6.10 Å². The lowest BCUT2D eigenvalue weighted by Crippen LogP contribution is -2.45. The summed E-state index contributed by atoms with van der Waals surface area (Å²) in [4.78, 5) is 14.7. The standard InChI is InChI=1S/C18H27NO2/c1-13(2)15-7-9-16(10-8-15)18(21)19-11-5-4-6-17(19)12-14(3)20/h7-10,13-14,17,20H,4-6,11-12H2,1-3H3. The first-order valence-electron chi connectivity index (χ1n) is 8.08. The summed E-state index contributed by atoms with van der Waals surface area (Å²) in [6.07, 6.45) is 3.53. The average molecular weight is 289 g/mol. The second-order valence-corrected chi connectivity index (χ2v) is 6.51. The Kier molecular flexibility index (Phi) is 5.40. The van der Waals surface area contributed by atoms with E-state index in [4.69, 9.17) is 0 Å². The molecule has 1 aromatic carbocycles. The first-order chi connectivity index (χ1) is 9.99. The fourth-order valence-electron chi connectivity index (χ4n) is 3.08. The normalized spacial score (nSPS) is 20.6. The fraction of sp³-hybridized carbons (Fsp3) is 0.611. The molecule has 0 spiro atoms. The van der Waals surface area contributed by atoms with Gasteiger partial charge in [-0.25, -0.2) is 0 Å². The molecule has 116 valence electrons. The van der Waals surface area contributed by atoms with Gasteiger partial charge in [0, 0.05) is 18.2 Å². The van der Waals surface area contributed by atoms with Gasteiger partial charge in [-0.3, -0.25) is 4.79 Å². The van der Waals surface area contributed by atoms with E-state index < -0.39 is 0 Å². The van der Waals surface area contributed by atoms with Crippen LogP contribution in [0.1, 0.15) is 68.3 Å². The lowest BCUT2D eigenvalue weighted by Gasteiger charge is -2.36. The van der Waals surface area contributed by atoms with Gasteiger partial charge < -0.3 is 10.0 Å². The van der Waals surface area contributed by atoms with E-state index in [0.717, 1.165) is 31.4 Å². The molecule has 1 amide bonds. The van der Waals surface area contributed by atoms with E-state index in [9.17, 15) is 9.90 Å². The quantitative estimate of drug-likeness (QED) is 0.920. The second kappa shape index (κ2) is 7.08. The van der Waals surface area contributed by atoms with E-state index >= 15 is 0 Å². The van der Waals surface area contributed by atoms with Crippen molar-refractivity contribution in [2.75, 3.05) is 6.54 Å². The summed E-state index contributed by atoms with van der Waals surface area (Å²) in [5.41, 5.74) is 2.02. The third kappa shape index (κ3) is 4.07. The molecule has 1 heterocycles. The minimum absolute atomic E-state index is 0.107. The third-order valence-electron chi connectivity index (χ3n) is 4.33. The van der Waals surface area contributed by atoms with Crippen molar-refractivity contribution in [3.8, 4) is 0 Å². The van der Waals surface area contributed by atoms with Gasteiger partial charge in [-0.05, 0) is 56.2 Å². The van der Waals surface area contributed by atoms with E-state index in [1.807, 2.05) is 29.2 Å². The summed E-state index contributed by atoms with van der Waals surface area (Å²) < 4.78 is 0. The molecule has 0 radical (unpaired) electrons. The molecule has 2 unspecified atom stereocenters. The summed E-state index contributed by atoms with van der Waals surface area (Å²) in [5.74, 6) is 0.586. The van der Waals surface area contributed by atoms with Crippen LogP contribution < -0.4 is 0 Å².